The van der Waals surface area contributed by atoms with Crippen LogP contribution in [0.5, 0.6) is 0 Å². The van der Waals surface area contributed by atoms with Gasteiger partial charge in [0.05, 0.1) is 5.69 Å². The van der Waals surface area contributed by atoms with Crippen molar-refractivity contribution >= 4 is 5.65 Å². The molecule has 0 saturated heterocycles. The van der Waals surface area contributed by atoms with Gasteiger partial charge in [0.2, 0.25) is 5.89 Å². The molecule has 0 fully saturated rings. The Morgan fingerprint density at radius 1 is 1.11 bits per heavy atom. The lowest BCUT2D eigenvalue weighted by Crippen LogP contribution is -1.92. The first-order chi connectivity index (χ1) is 13.0. The number of imidazole rings is 1. The Morgan fingerprint density at radius 3 is 2.70 bits per heavy atom. The van der Waals surface area contributed by atoms with Crippen LogP contribution in [-0.2, 0) is 6.42 Å². The average molecular weight is 368 g/mol. The van der Waals surface area contributed by atoms with Gasteiger partial charge in [-0.15, -0.1) is 10.2 Å². The fourth-order valence-corrected chi connectivity index (χ4v) is 2.96. The van der Waals surface area contributed by atoms with E-state index in [9.17, 15) is 8.78 Å². The average Bonchev–Trinajstić information content (AvgIpc) is 3.28. The van der Waals surface area contributed by atoms with Gasteiger partial charge in [0, 0.05) is 24.4 Å². The van der Waals surface area contributed by atoms with Crippen LogP contribution < -0.4 is 0 Å². The second-order valence-electron chi connectivity index (χ2n) is 6.74. The summed E-state index contributed by atoms with van der Waals surface area (Å²) in [5.74, 6) is -0.151. The van der Waals surface area contributed by atoms with Crippen LogP contribution in [0.1, 0.15) is 48.9 Å². The Hall–Kier alpha value is -3.09. The molecule has 7 heteroatoms. The Kier molecular flexibility index (Phi) is 4.43. The van der Waals surface area contributed by atoms with E-state index in [1.54, 1.807) is 18.3 Å². The zero-order chi connectivity index (χ0) is 19.0. The third-order valence-electron chi connectivity index (χ3n) is 4.39. The molecule has 0 saturated carbocycles. The molecule has 3 heterocycles. The highest BCUT2D eigenvalue weighted by Gasteiger charge is 2.17. The molecule has 0 atom stereocenters. The van der Waals surface area contributed by atoms with Crippen LogP contribution in [0.25, 0.3) is 17.1 Å². The Labute approximate surface area is 154 Å². The van der Waals surface area contributed by atoms with E-state index >= 15 is 0 Å². The van der Waals surface area contributed by atoms with E-state index in [4.69, 9.17) is 4.42 Å². The number of fused-ring (bicyclic) bond motifs is 1. The van der Waals surface area contributed by atoms with Crippen molar-refractivity contribution < 1.29 is 13.2 Å². The summed E-state index contributed by atoms with van der Waals surface area (Å²) in [6.07, 6.45) is 1.69. The minimum atomic E-state index is -2.78. The number of pyridine rings is 1. The van der Waals surface area contributed by atoms with Crippen LogP contribution in [0.15, 0.2) is 53.2 Å². The van der Waals surface area contributed by atoms with Gasteiger partial charge in [-0.3, -0.25) is 0 Å². The summed E-state index contributed by atoms with van der Waals surface area (Å²) < 4.78 is 32.1. The lowest BCUT2D eigenvalue weighted by molar-refractivity contribution is 0.116. The van der Waals surface area contributed by atoms with Crippen molar-refractivity contribution in [1.82, 2.24) is 19.6 Å². The predicted molar refractivity (Wildman–Crippen MR) is 96.8 cm³/mol. The molecule has 0 spiro atoms. The van der Waals surface area contributed by atoms with Gasteiger partial charge in [0.15, 0.2) is 0 Å². The molecule has 4 rings (SSSR count). The predicted octanol–water partition coefficient (Wildman–Crippen LogP) is 5.04. The van der Waals surface area contributed by atoms with E-state index < -0.39 is 12.3 Å². The van der Waals surface area contributed by atoms with Crippen molar-refractivity contribution in [2.45, 2.75) is 32.6 Å². The molecule has 3 aromatic heterocycles. The summed E-state index contributed by atoms with van der Waals surface area (Å²) >= 11 is 0. The number of rotatable bonds is 5. The maximum atomic E-state index is 12.6. The molecule has 0 amide bonds. The van der Waals surface area contributed by atoms with Gasteiger partial charge in [-0.05, 0) is 29.2 Å². The van der Waals surface area contributed by atoms with E-state index in [0.717, 1.165) is 5.69 Å². The summed E-state index contributed by atoms with van der Waals surface area (Å²) in [6, 6.07) is 12.0. The maximum Gasteiger partial charge on any atom is 0.314 e. The zero-order valence-corrected chi connectivity index (χ0v) is 14.9. The summed E-state index contributed by atoms with van der Waals surface area (Å²) in [5, 5.41) is 7.04. The Balaban J connectivity index is 1.61. The first-order valence-corrected chi connectivity index (χ1v) is 8.68. The number of alkyl halides is 2. The minimum absolute atomic E-state index is 0.0574. The molecule has 0 radical (unpaired) electrons. The zero-order valence-electron chi connectivity index (χ0n) is 14.9. The third kappa shape index (κ3) is 3.58. The third-order valence-corrected chi connectivity index (χ3v) is 4.39. The van der Waals surface area contributed by atoms with Crippen LogP contribution in [-0.4, -0.2) is 19.6 Å². The Morgan fingerprint density at radius 2 is 1.96 bits per heavy atom. The van der Waals surface area contributed by atoms with Gasteiger partial charge < -0.3 is 8.82 Å². The molecule has 0 aliphatic heterocycles. The molecule has 0 bridgehead atoms. The summed E-state index contributed by atoms with van der Waals surface area (Å²) in [6.45, 7) is 4.34. The monoisotopic (exact) mass is 368 g/mol. The van der Waals surface area contributed by atoms with Crippen LogP contribution in [0.3, 0.4) is 0 Å². The number of hydrogen-bond donors (Lipinski definition) is 0. The van der Waals surface area contributed by atoms with Gasteiger partial charge in [0.1, 0.15) is 5.65 Å². The van der Waals surface area contributed by atoms with Crippen LogP contribution in [0.4, 0.5) is 8.78 Å². The molecule has 0 unspecified atom stereocenters. The summed E-state index contributed by atoms with van der Waals surface area (Å²) in [7, 11) is 0. The number of aromatic nitrogens is 4. The SMILES string of the molecule is CC(C)c1cccc(Cc2cn3ccc(-c4nnc(C(F)F)o4)cc3n2)c1. The van der Waals surface area contributed by atoms with E-state index in [1.807, 2.05) is 10.6 Å². The molecule has 0 aliphatic carbocycles. The van der Waals surface area contributed by atoms with E-state index in [-0.39, 0.29) is 5.89 Å². The topological polar surface area (TPSA) is 56.2 Å². The highest BCUT2D eigenvalue weighted by molar-refractivity contribution is 5.60. The number of benzene rings is 1. The quantitative estimate of drug-likeness (QED) is 0.495. The van der Waals surface area contributed by atoms with Crippen LogP contribution in [0.2, 0.25) is 0 Å². The maximum absolute atomic E-state index is 12.6. The van der Waals surface area contributed by atoms with E-state index in [1.165, 1.54) is 11.1 Å². The molecule has 0 aliphatic rings. The van der Waals surface area contributed by atoms with Crippen LogP contribution >= 0.6 is 0 Å². The highest BCUT2D eigenvalue weighted by Crippen LogP contribution is 2.24. The molecule has 0 N–H and O–H groups in total. The first-order valence-electron chi connectivity index (χ1n) is 8.68. The second-order valence-corrected chi connectivity index (χ2v) is 6.74. The number of hydrogen-bond acceptors (Lipinski definition) is 4. The van der Waals surface area contributed by atoms with Gasteiger partial charge in [0.25, 0.3) is 5.89 Å². The van der Waals surface area contributed by atoms with Gasteiger partial charge in [-0.25, -0.2) is 4.98 Å². The Bertz CT molecular complexity index is 1080. The van der Waals surface area contributed by atoms with Gasteiger partial charge >= 0.3 is 6.43 Å². The van der Waals surface area contributed by atoms with E-state index in [0.29, 0.717) is 23.5 Å². The highest BCUT2D eigenvalue weighted by atomic mass is 19.3. The van der Waals surface area contributed by atoms with Gasteiger partial charge in [-0.1, -0.05) is 38.1 Å². The molecule has 4 aromatic rings. The molecule has 1 aromatic carbocycles. The van der Waals surface area contributed by atoms with Crippen molar-refractivity contribution in [2.75, 3.05) is 0 Å². The number of nitrogens with zero attached hydrogens (tertiary/aromatic N) is 4. The second kappa shape index (κ2) is 6.90. The summed E-state index contributed by atoms with van der Waals surface area (Å²) in [5.41, 5.74) is 4.67. The van der Waals surface area contributed by atoms with Crippen molar-refractivity contribution in [2.24, 2.45) is 0 Å². The smallest absolute Gasteiger partial charge is 0.314 e. The van der Waals surface area contributed by atoms with Crippen molar-refractivity contribution in [3.63, 3.8) is 0 Å². The van der Waals surface area contributed by atoms with Crippen LogP contribution in [0, 0.1) is 0 Å². The standard InChI is InChI=1S/C20H18F2N4O/c1-12(2)14-5-3-4-13(8-14)9-16-11-26-7-6-15(10-17(26)23-16)19-24-25-20(27-19)18(21)22/h3-8,10-12,18H,9H2,1-2H3. The summed E-state index contributed by atoms with van der Waals surface area (Å²) in [4.78, 5) is 4.64. The largest absolute Gasteiger partial charge is 0.415 e. The van der Waals surface area contributed by atoms with Crippen molar-refractivity contribution in [1.29, 1.82) is 0 Å². The van der Waals surface area contributed by atoms with Gasteiger partial charge in [-0.2, -0.15) is 8.78 Å². The fourth-order valence-electron chi connectivity index (χ4n) is 2.96. The molecular formula is C20H18F2N4O. The lowest BCUT2D eigenvalue weighted by Gasteiger charge is -2.07. The lowest BCUT2D eigenvalue weighted by atomic mass is 9.99. The fraction of sp³-hybridized carbons (Fsp3) is 0.250. The minimum Gasteiger partial charge on any atom is -0.415 e. The van der Waals surface area contributed by atoms with Crippen molar-refractivity contribution in [3.8, 4) is 11.5 Å². The van der Waals surface area contributed by atoms with E-state index in [2.05, 4.69) is 53.3 Å². The van der Waals surface area contributed by atoms with Crippen molar-refractivity contribution in [3.05, 3.63) is 71.5 Å². The molecule has 27 heavy (non-hydrogen) atoms. The normalized spacial score (nSPS) is 11.8. The number of halogens is 2. The first kappa shape index (κ1) is 17.3. The molecular weight excluding hydrogens is 350 g/mol. The molecule has 138 valence electrons. The molecule has 5 nitrogen and oxygen atoms in total.